The minimum absolute atomic E-state index is 0.212. The molecular formula is C16H15ClN2. The molecule has 2 aromatic carbocycles. The van der Waals surface area contributed by atoms with Crippen molar-refractivity contribution in [3.8, 4) is 6.07 Å². The zero-order chi connectivity index (χ0) is 13.7. The normalized spacial score (nSPS) is 11.8. The molecule has 0 radical (unpaired) electrons. The second-order valence-electron chi connectivity index (χ2n) is 4.47. The number of nitrogens with zero attached hydrogens (tertiary/aromatic N) is 1. The van der Waals surface area contributed by atoms with E-state index in [4.69, 9.17) is 16.9 Å². The lowest BCUT2D eigenvalue weighted by molar-refractivity contribution is 0.574. The predicted octanol–water partition coefficient (Wildman–Crippen LogP) is 4.06. The van der Waals surface area contributed by atoms with Gasteiger partial charge in [-0.25, -0.2) is 0 Å². The van der Waals surface area contributed by atoms with E-state index in [1.807, 2.05) is 42.5 Å². The highest BCUT2D eigenvalue weighted by Crippen LogP contribution is 2.17. The fourth-order valence-electron chi connectivity index (χ4n) is 1.92. The number of nitrogens with one attached hydrogen (secondary N) is 1. The minimum Gasteiger partial charge on any atom is -0.306 e. The van der Waals surface area contributed by atoms with Crippen molar-refractivity contribution in [1.29, 1.82) is 5.26 Å². The van der Waals surface area contributed by atoms with Crippen LogP contribution in [0, 0.1) is 11.3 Å². The van der Waals surface area contributed by atoms with Crippen molar-refractivity contribution in [3.63, 3.8) is 0 Å². The van der Waals surface area contributed by atoms with E-state index in [-0.39, 0.29) is 6.04 Å². The molecule has 0 aliphatic heterocycles. The van der Waals surface area contributed by atoms with Crippen molar-refractivity contribution in [2.75, 3.05) is 0 Å². The van der Waals surface area contributed by atoms with Gasteiger partial charge in [0.2, 0.25) is 0 Å². The quantitative estimate of drug-likeness (QED) is 0.909. The summed E-state index contributed by atoms with van der Waals surface area (Å²) in [7, 11) is 0. The molecule has 1 unspecified atom stereocenters. The van der Waals surface area contributed by atoms with E-state index in [9.17, 15) is 0 Å². The van der Waals surface area contributed by atoms with Crippen LogP contribution in [0.5, 0.6) is 0 Å². The molecule has 2 rings (SSSR count). The molecule has 2 nitrogen and oxygen atoms in total. The van der Waals surface area contributed by atoms with Crippen molar-refractivity contribution in [2.45, 2.75) is 19.5 Å². The van der Waals surface area contributed by atoms with E-state index in [0.29, 0.717) is 5.56 Å². The smallest absolute Gasteiger partial charge is 0.0991 e. The fraction of sp³-hybridized carbons (Fsp3) is 0.188. The molecule has 0 saturated carbocycles. The maximum atomic E-state index is 8.86. The van der Waals surface area contributed by atoms with Gasteiger partial charge >= 0.3 is 0 Å². The molecule has 0 saturated heterocycles. The molecule has 0 spiro atoms. The van der Waals surface area contributed by atoms with Crippen LogP contribution in [0.25, 0.3) is 0 Å². The van der Waals surface area contributed by atoms with Crippen LogP contribution in [0.4, 0.5) is 0 Å². The first-order valence-corrected chi connectivity index (χ1v) is 6.55. The first kappa shape index (κ1) is 13.6. The van der Waals surface area contributed by atoms with E-state index in [1.165, 1.54) is 0 Å². The molecule has 0 fully saturated rings. The summed E-state index contributed by atoms with van der Waals surface area (Å²) in [6.45, 7) is 2.82. The Bertz CT molecular complexity index is 602. The van der Waals surface area contributed by atoms with E-state index in [1.54, 1.807) is 0 Å². The summed E-state index contributed by atoms with van der Waals surface area (Å²) in [5.41, 5.74) is 2.95. The third-order valence-electron chi connectivity index (χ3n) is 3.02. The van der Waals surface area contributed by atoms with E-state index in [2.05, 4.69) is 24.4 Å². The van der Waals surface area contributed by atoms with Crippen LogP contribution >= 0.6 is 11.6 Å². The van der Waals surface area contributed by atoms with Crippen molar-refractivity contribution in [1.82, 2.24) is 5.32 Å². The maximum absolute atomic E-state index is 8.86. The molecule has 3 heteroatoms. The fourth-order valence-corrected chi connectivity index (χ4v) is 2.11. The van der Waals surface area contributed by atoms with Crippen LogP contribution in [0.15, 0.2) is 48.5 Å². The Hall–Kier alpha value is -1.82. The molecule has 19 heavy (non-hydrogen) atoms. The SMILES string of the molecule is CC(NCc1cccc(C#N)c1)c1cccc(Cl)c1. The summed E-state index contributed by atoms with van der Waals surface area (Å²) in [4.78, 5) is 0. The Morgan fingerprint density at radius 1 is 1.21 bits per heavy atom. The molecule has 0 aromatic heterocycles. The highest BCUT2D eigenvalue weighted by Gasteiger charge is 2.05. The largest absolute Gasteiger partial charge is 0.306 e. The van der Waals surface area contributed by atoms with E-state index >= 15 is 0 Å². The Kier molecular flexibility index (Phi) is 4.57. The third kappa shape index (κ3) is 3.82. The average Bonchev–Trinajstić information content (AvgIpc) is 2.45. The maximum Gasteiger partial charge on any atom is 0.0991 e. The van der Waals surface area contributed by atoms with Crippen molar-refractivity contribution in [3.05, 3.63) is 70.2 Å². The van der Waals surface area contributed by atoms with Gasteiger partial charge < -0.3 is 5.32 Å². The molecule has 2 aromatic rings. The van der Waals surface area contributed by atoms with Gasteiger partial charge in [0.15, 0.2) is 0 Å². The number of hydrogen-bond donors (Lipinski definition) is 1. The van der Waals surface area contributed by atoms with Gasteiger partial charge in [0.25, 0.3) is 0 Å². The number of hydrogen-bond acceptors (Lipinski definition) is 2. The lowest BCUT2D eigenvalue weighted by atomic mass is 10.1. The number of nitriles is 1. The second kappa shape index (κ2) is 6.38. The van der Waals surface area contributed by atoms with E-state index < -0.39 is 0 Å². The molecule has 96 valence electrons. The van der Waals surface area contributed by atoms with Gasteiger partial charge in [-0.3, -0.25) is 0 Å². The number of halogens is 1. The molecule has 0 bridgehead atoms. The van der Waals surface area contributed by atoms with Crippen LogP contribution in [0.1, 0.15) is 29.7 Å². The molecule has 0 amide bonds. The third-order valence-corrected chi connectivity index (χ3v) is 3.25. The first-order valence-electron chi connectivity index (χ1n) is 6.17. The monoisotopic (exact) mass is 270 g/mol. The molecule has 1 atom stereocenters. The summed E-state index contributed by atoms with van der Waals surface area (Å²) >= 11 is 5.98. The van der Waals surface area contributed by atoms with Crippen LogP contribution < -0.4 is 5.32 Å². The van der Waals surface area contributed by atoms with Crippen LogP contribution in [0.3, 0.4) is 0 Å². The van der Waals surface area contributed by atoms with Gasteiger partial charge in [-0.2, -0.15) is 5.26 Å². The van der Waals surface area contributed by atoms with Gasteiger partial charge in [-0.05, 0) is 42.3 Å². The van der Waals surface area contributed by atoms with Gasteiger partial charge in [-0.15, -0.1) is 0 Å². The van der Waals surface area contributed by atoms with Crippen LogP contribution in [-0.2, 0) is 6.54 Å². The molecule has 0 aliphatic carbocycles. The van der Waals surface area contributed by atoms with Crippen molar-refractivity contribution in [2.24, 2.45) is 0 Å². The highest BCUT2D eigenvalue weighted by molar-refractivity contribution is 6.30. The zero-order valence-corrected chi connectivity index (χ0v) is 11.5. The average molecular weight is 271 g/mol. The van der Waals surface area contributed by atoms with Crippen LogP contribution in [0.2, 0.25) is 5.02 Å². The number of benzene rings is 2. The van der Waals surface area contributed by atoms with E-state index in [0.717, 1.165) is 22.7 Å². The van der Waals surface area contributed by atoms with Crippen LogP contribution in [-0.4, -0.2) is 0 Å². The predicted molar refractivity (Wildman–Crippen MR) is 77.9 cm³/mol. The first-order chi connectivity index (χ1) is 9.19. The van der Waals surface area contributed by atoms with Gasteiger partial charge in [0, 0.05) is 17.6 Å². The molecule has 0 aliphatic rings. The Morgan fingerprint density at radius 3 is 2.74 bits per heavy atom. The number of rotatable bonds is 4. The van der Waals surface area contributed by atoms with Crippen molar-refractivity contribution < 1.29 is 0 Å². The van der Waals surface area contributed by atoms with Crippen molar-refractivity contribution >= 4 is 11.6 Å². The Morgan fingerprint density at radius 2 is 2.00 bits per heavy atom. The Balaban J connectivity index is 2.00. The van der Waals surface area contributed by atoms with Gasteiger partial charge in [0.1, 0.15) is 0 Å². The summed E-state index contributed by atoms with van der Waals surface area (Å²) < 4.78 is 0. The lowest BCUT2D eigenvalue weighted by Gasteiger charge is -2.14. The second-order valence-corrected chi connectivity index (χ2v) is 4.91. The minimum atomic E-state index is 0.212. The van der Waals surface area contributed by atoms with Gasteiger partial charge in [0.05, 0.1) is 11.6 Å². The summed E-state index contributed by atoms with van der Waals surface area (Å²) in [5.74, 6) is 0. The summed E-state index contributed by atoms with van der Waals surface area (Å²) in [5, 5.41) is 13.0. The standard InChI is InChI=1S/C16H15ClN2/c1-12(15-6-3-7-16(17)9-15)19-11-14-5-2-4-13(8-14)10-18/h2-9,12,19H,11H2,1H3. The highest BCUT2D eigenvalue weighted by atomic mass is 35.5. The Labute approximate surface area is 118 Å². The summed E-state index contributed by atoms with van der Waals surface area (Å²) in [6.07, 6.45) is 0. The zero-order valence-electron chi connectivity index (χ0n) is 10.7. The molecular weight excluding hydrogens is 256 g/mol. The van der Waals surface area contributed by atoms with Gasteiger partial charge in [-0.1, -0.05) is 35.9 Å². The summed E-state index contributed by atoms with van der Waals surface area (Å²) in [6, 6.07) is 17.8. The topological polar surface area (TPSA) is 35.8 Å². The lowest BCUT2D eigenvalue weighted by Crippen LogP contribution is -2.18. The molecule has 0 heterocycles. The molecule has 1 N–H and O–H groups in total.